The van der Waals surface area contributed by atoms with Gasteiger partial charge >= 0.3 is 0 Å². The first-order valence-electron chi connectivity index (χ1n) is 7.00. The maximum absolute atomic E-state index is 12.4. The Hall–Kier alpha value is -2.95. The third-order valence-corrected chi connectivity index (χ3v) is 3.61. The molecule has 0 aliphatic carbocycles. The van der Waals surface area contributed by atoms with Crippen LogP contribution in [-0.2, 0) is 0 Å². The Labute approximate surface area is 133 Å². The van der Waals surface area contributed by atoms with E-state index in [1.165, 1.54) is 20.3 Å². The highest BCUT2D eigenvalue weighted by atomic mass is 16.5. The van der Waals surface area contributed by atoms with Gasteiger partial charge in [-0.2, -0.15) is 0 Å². The molecule has 0 bridgehead atoms. The minimum absolute atomic E-state index is 0.141. The molecular weight excluding hydrogens is 296 g/mol. The van der Waals surface area contributed by atoms with E-state index in [2.05, 4.69) is 0 Å². The molecule has 1 aromatic heterocycles. The Morgan fingerprint density at radius 1 is 0.826 bits per heavy atom. The molecule has 0 saturated carbocycles. The van der Waals surface area contributed by atoms with Gasteiger partial charge in [-0.05, 0) is 30.3 Å². The first-order chi connectivity index (χ1) is 11.2. The van der Waals surface area contributed by atoms with Crippen molar-refractivity contribution in [3.8, 4) is 28.6 Å². The molecule has 0 saturated heterocycles. The lowest BCUT2D eigenvalue weighted by Gasteiger charge is -2.09. The van der Waals surface area contributed by atoms with Crippen LogP contribution in [0.5, 0.6) is 17.2 Å². The van der Waals surface area contributed by atoms with E-state index in [1.807, 2.05) is 24.3 Å². The molecule has 3 aromatic rings. The molecule has 1 heterocycles. The van der Waals surface area contributed by atoms with Crippen LogP contribution in [-0.4, -0.2) is 21.3 Å². The smallest absolute Gasteiger partial charge is 0.193 e. The zero-order chi connectivity index (χ0) is 16.4. The minimum Gasteiger partial charge on any atom is -0.497 e. The zero-order valence-corrected chi connectivity index (χ0v) is 13.1. The molecule has 0 aliphatic rings. The summed E-state index contributed by atoms with van der Waals surface area (Å²) in [5.41, 5.74) is 1.10. The van der Waals surface area contributed by atoms with Gasteiger partial charge in [-0.1, -0.05) is 0 Å². The second-order valence-electron chi connectivity index (χ2n) is 4.91. The van der Waals surface area contributed by atoms with Gasteiger partial charge in [0.15, 0.2) is 16.9 Å². The van der Waals surface area contributed by atoms with Crippen LogP contribution in [0.15, 0.2) is 51.7 Å². The van der Waals surface area contributed by atoms with Gasteiger partial charge in [0.05, 0.1) is 26.7 Å². The topological polar surface area (TPSA) is 57.9 Å². The molecule has 0 radical (unpaired) electrons. The molecule has 0 spiro atoms. The van der Waals surface area contributed by atoms with E-state index in [4.69, 9.17) is 18.6 Å². The van der Waals surface area contributed by atoms with E-state index in [0.29, 0.717) is 28.2 Å². The highest BCUT2D eigenvalue weighted by Crippen LogP contribution is 2.32. The molecule has 0 atom stereocenters. The molecule has 5 heteroatoms. The third-order valence-electron chi connectivity index (χ3n) is 3.61. The average Bonchev–Trinajstić information content (AvgIpc) is 2.60. The highest BCUT2D eigenvalue weighted by Gasteiger charge is 2.12. The number of fused-ring (bicyclic) bond motifs is 1. The molecule has 23 heavy (non-hydrogen) atoms. The molecular formula is C18H16O5. The number of ether oxygens (including phenoxy) is 3. The summed E-state index contributed by atoms with van der Waals surface area (Å²) in [6, 6.07) is 12.0. The quantitative estimate of drug-likeness (QED) is 0.738. The Balaban J connectivity index is 2.18. The lowest BCUT2D eigenvalue weighted by molar-refractivity contribution is 0.355. The predicted octanol–water partition coefficient (Wildman–Crippen LogP) is 3.49. The summed E-state index contributed by atoms with van der Waals surface area (Å²) in [5, 5.41) is 0.444. The fraction of sp³-hybridized carbons (Fsp3) is 0.167. The first kappa shape index (κ1) is 15.0. The maximum atomic E-state index is 12.4. The van der Waals surface area contributed by atoms with Crippen molar-refractivity contribution in [1.29, 1.82) is 0 Å². The van der Waals surface area contributed by atoms with E-state index >= 15 is 0 Å². The Bertz CT molecular complexity index is 894. The molecule has 5 nitrogen and oxygen atoms in total. The lowest BCUT2D eigenvalue weighted by atomic mass is 10.1. The van der Waals surface area contributed by atoms with Crippen molar-refractivity contribution in [2.45, 2.75) is 0 Å². The summed E-state index contributed by atoms with van der Waals surface area (Å²) in [6.07, 6.45) is 0. The number of hydrogen-bond acceptors (Lipinski definition) is 5. The van der Waals surface area contributed by atoms with Gasteiger partial charge in [-0.3, -0.25) is 4.79 Å². The van der Waals surface area contributed by atoms with Crippen LogP contribution in [0.2, 0.25) is 0 Å². The summed E-state index contributed by atoms with van der Waals surface area (Å²) in [7, 11) is 4.66. The highest BCUT2D eigenvalue weighted by molar-refractivity contribution is 5.82. The van der Waals surface area contributed by atoms with Gasteiger partial charge in [0.1, 0.15) is 17.1 Å². The molecule has 0 amide bonds. The van der Waals surface area contributed by atoms with Crippen LogP contribution in [0.4, 0.5) is 0 Å². The van der Waals surface area contributed by atoms with Crippen molar-refractivity contribution in [3.05, 3.63) is 52.7 Å². The van der Waals surface area contributed by atoms with Crippen LogP contribution in [0, 0.1) is 0 Å². The average molecular weight is 312 g/mol. The maximum Gasteiger partial charge on any atom is 0.193 e. The second-order valence-corrected chi connectivity index (χ2v) is 4.91. The molecule has 2 aromatic carbocycles. The van der Waals surface area contributed by atoms with Crippen molar-refractivity contribution in [1.82, 2.24) is 0 Å². The third kappa shape index (κ3) is 2.73. The van der Waals surface area contributed by atoms with E-state index in [-0.39, 0.29) is 5.43 Å². The summed E-state index contributed by atoms with van der Waals surface area (Å²) in [4.78, 5) is 12.4. The van der Waals surface area contributed by atoms with Crippen LogP contribution < -0.4 is 19.6 Å². The Morgan fingerprint density at radius 3 is 2.09 bits per heavy atom. The number of rotatable bonds is 4. The number of methoxy groups -OCH3 is 3. The Morgan fingerprint density at radius 2 is 1.48 bits per heavy atom. The summed E-state index contributed by atoms with van der Waals surface area (Å²) in [5.74, 6) is 2.22. The van der Waals surface area contributed by atoms with Crippen LogP contribution in [0.1, 0.15) is 0 Å². The largest absolute Gasteiger partial charge is 0.497 e. The predicted molar refractivity (Wildman–Crippen MR) is 87.6 cm³/mol. The van der Waals surface area contributed by atoms with Gasteiger partial charge in [-0.25, -0.2) is 0 Å². The molecule has 118 valence electrons. The monoisotopic (exact) mass is 312 g/mol. The van der Waals surface area contributed by atoms with Gasteiger partial charge < -0.3 is 18.6 Å². The molecule has 3 rings (SSSR count). The standard InChI is InChI=1S/C18H16O5/c1-20-12-6-4-11(5-7-12)15-9-14(19)13-8-17(21-2)18(22-3)10-16(13)23-15/h4-10H,1-3H3. The van der Waals surface area contributed by atoms with E-state index in [9.17, 15) is 4.79 Å². The fourth-order valence-corrected chi connectivity index (χ4v) is 2.38. The van der Waals surface area contributed by atoms with Crippen LogP contribution >= 0.6 is 0 Å². The van der Waals surface area contributed by atoms with Gasteiger partial charge in [0.25, 0.3) is 0 Å². The molecule has 0 N–H and O–H groups in total. The van der Waals surface area contributed by atoms with Crippen molar-refractivity contribution in [2.75, 3.05) is 21.3 Å². The molecule has 0 unspecified atom stereocenters. The summed E-state index contributed by atoms with van der Waals surface area (Å²) in [6.45, 7) is 0. The second kappa shape index (κ2) is 6.04. The van der Waals surface area contributed by atoms with Crippen molar-refractivity contribution in [3.63, 3.8) is 0 Å². The normalized spacial score (nSPS) is 10.6. The van der Waals surface area contributed by atoms with E-state index in [1.54, 1.807) is 19.2 Å². The van der Waals surface area contributed by atoms with Crippen molar-refractivity contribution >= 4 is 11.0 Å². The van der Waals surface area contributed by atoms with Gasteiger partial charge in [0, 0.05) is 17.7 Å². The first-order valence-corrected chi connectivity index (χ1v) is 7.00. The van der Waals surface area contributed by atoms with Gasteiger partial charge in [-0.15, -0.1) is 0 Å². The van der Waals surface area contributed by atoms with Crippen LogP contribution in [0.25, 0.3) is 22.3 Å². The van der Waals surface area contributed by atoms with Crippen LogP contribution in [0.3, 0.4) is 0 Å². The SMILES string of the molecule is COc1ccc(-c2cc(=O)c3cc(OC)c(OC)cc3o2)cc1. The minimum atomic E-state index is -0.141. The van der Waals surface area contributed by atoms with Crippen molar-refractivity contribution in [2.24, 2.45) is 0 Å². The fourth-order valence-electron chi connectivity index (χ4n) is 2.38. The zero-order valence-electron chi connectivity index (χ0n) is 13.1. The lowest BCUT2D eigenvalue weighted by Crippen LogP contribution is -2.02. The molecule has 0 fully saturated rings. The number of hydrogen-bond donors (Lipinski definition) is 0. The Kier molecular flexibility index (Phi) is 3.93. The summed E-state index contributed by atoms with van der Waals surface area (Å²) < 4.78 is 21.5. The van der Waals surface area contributed by atoms with E-state index in [0.717, 1.165) is 11.3 Å². The number of benzene rings is 2. The van der Waals surface area contributed by atoms with E-state index < -0.39 is 0 Å². The summed E-state index contributed by atoms with van der Waals surface area (Å²) >= 11 is 0. The molecule has 0 aliphatic heterocycles. The van der Waals surface area contributed by atoms with Gasteiger partial charge in [0.2, 0.25) is 0 Å². The van der Waals surface area contributed by atoms with Crippen molar-refractivity contribution < 1.29 is 18.6 Å².